The van der Waals surface area contributed by atoms with Gasteiger partial charge in [0.25, 0.3) is 0 Å². The Balaban J connectivity index is 1.74. The fourth-order valence-electron chi connectivity index (χ4n) is 3.70. The number of hydrogen-bond donors (Lipinski definition) is 1. The molecule has 1 saturated carbocycles. The molecular formula is C15H29NO. The van der Waals surface area contributed by atoms with Gasteiger partial charge < -0.3 is 10.1 Å². The second kappa shape index (κ2) is 5.71. The third kappa shape index (κ3) is 4.26. The quantitative estimate of drug-likeness (QED) is 0.815. The molecule has 2 aliphatic rings. The van der Waals surface area contributed by atoms with Crippen LogP contribution in [0.5, 0.6) is 0 Å². The molecule has 0 aromatic heterocycles. The molecule has 0 bridgehead atoms. The van der Waals surface area contributed by atoms with Gasteiger partial charge in [0.05, 0.1) is 12.7 Å². The maximum atomic E-state index is 6.17. The van der Waals surface area contributed by atoms with Crippen LogP contribution in [0.25, 0.3) is 0 Å². The number of piperidine rings is 1. The molecule has 2 nitrogen and oxygen atoms in total. The van der Waals surface area contributed by atoms with E-state index < -0.39 is 0 Å². The van der Waals surface area contributed by atoms with Gasteiger partial charge in [-0.1, -0.05) is 27.2 Å². The van der Waals surface area contributed by atoms with Crippen molar-refractivity contribution in [2.45, 2.75) is 71.4 Å². The lowest BCUT2D eigenvalue weighted by molar-refractivity contribution is -0.0327. The van der Waals surface area contributed by atoms with E-state index in [0.717, 1.165) is 12.5 Å². The highest BCUT2D eigenvalue weighted by molar-refractivity contribution is 4.84. The van der Waals surface area contributed by atoms with Crippen molar-refractivity contribution >= 4 is 0 Å². The molecule has 0 aromatic rings. The summed E-state index contributed by atoms with van der Waals surface area (Å²) < 4.78 is 6.17. The smallest absolute Gasteiger partial charge is 0.0623 e. The molecule has 1 saturated heterocycles. The number of rotatable bonds is 3. The number of hydrogen-bond acceptors (Lipinski definition) is 2. The zero-order valence-corrected chi connectivity index (χ0v) is 11.8. The first-order valence-electron chi connectivity index (χ1n) is 7.40. The van der Waals surface area contributed by atoms with E-state index in [1.807, 2.05) is 0 Å². The lowest BCUT2D eigenvalue weighted by atomic mass is 9.71. The zero-order chi connectivity index (χ0) is 12.3. The topological polar surface area (TPSA) is 21.3 Å². The molecule has 100 valence electrons. The second-order valence-corrected chi connectivity index (χ2v) is 7.02. The van der Waals surface area contributed by atoms with Gasteiger partial charge in [0.2, 0.25) is 0 Å². The average Bonchev–Trinajstić information content (AvgIpc) is 2.25. The zero-order valence-electron chi connectivity index (χ0n) is 11.8. The Labute approximate surface area is 107 Å². The lowest BCUT2D eigenvalue weighted by Crippen LogP contribution is -2.40. The molecule has 17 heavy (non-hydrogen) atoms. The van der Waals surface area contributed by atoms with Crippen molar-refractivity contribution < 1.29 is 4.74 Å². The molecule has 2 heteroatoms. The predicted molar refractivity (Wildman–Crippen MR) is 72.2 cm³/mol. The molecule has 1 heterocycles. The maximum Gasteiger partial charge on any atom is 0.0623 e. The molecule has 0 radical (unpaired) electrons. The highest BCUT2D eigenvalue weighted by atomic mass is 16.5. The van der Waals surface area contributed by atoms with Crippen LogP contribution in [0, 0.1) is 11.3 Å². The minimum atomic E-state index is 0.475. The van der Waals surface area contributed by atoms with Crippen molar-refractivity contribution in [1.29, 1.82) is 0 Å². The molecule has 3 atom stereocenters. The monoisotopic (exact) mass is 239 g/mol. The molecule has 2 rings (SSSR count). The van der Waals surface area contributed by atoms with E-state index in [2.05, 4.69) is 26.1 Å². The van der Waals surface area contributed by atoms with Crippen molar-refractivity contribution in [2.24, 2.45) is 11.3 Å². The summed E-state index contributed by atoms with van der Waals surface area (Å²) in [5.74, 6) is 0.822. The Morgan fingerprint density at radius 2 is 2.06 bits per heavy atom. The van der Waals surface area contributed by atoms with Crippen LogP contribution >= 0.6 is 0 Å². The largest absolute Gasteiger partial charge is 0.377 e. The molecule has 3 unspecified atom stereocenters. The van der Waals surface area contributed by atoms with Crippen LogP contribution in [0.1, 0.15) is 59.3 Å². The molecule has 0 aromatic carbocycles. The Morgan fingerprint density at radius 3 is 2.71 bits per heavy atom. The van der Waals surface area contributed by atoms with E-state index in [0.29, 0.717) is 17.6 Å². The van der Waals surface area contributed by atoms with Crippen molar-refractivity contribution in [3.63, 3.8) is 0 Å². The van der Waals surface area contributed by atoms with Gasteiger partial charge in [-0.2, -0.15) is 0 Å². The van der Waals surface area contributed by atoms with Crippen molar-refractivity contribution in [3.05, 3.63) is 0 Å². The Bertz CT molecular complexity index is 233. The molecule has 1 aliphatic heterocycles. The Hall–Kier alpha value is -0.0800. The van der Waals surface area contributed by atoms with Gasteiger partial charge in [0, 0.05) is 6.04 Å². The van der Waals surface area contributed by atoms with Gasteiger partial charge in [-0.25, -0.2) is 0 Å². The summed E-state index contributed by atoms with van der Waals surface area (Å²) in [6, 6.07) is 0.615. The van der Waals surface area contributed by atoms with E-state index in [4.69, 9.17) is 4.74 Å². The summed E-state index contributed by atoms with van der Waals surface area (Å²) in [5, 5.41) is 3.57. The second-order valence-electron chi connectivity index (χ2n) is 7.02. The highest BCUT2D eigenvalue weighted by Gasteiger charge is 2.32. The molecule has 1 N–H and O–H groups in total. The third-order valence-electron chi connectivity index (χ3n) is 4.29. The van der Waals surface area contributed by atoms with Crippen LogP contribution in [0.2, 0.25) is 0 Å². The maximum absolute atomic E-state index is 6.17. The molecule has 0 amide bonds. The third-order valence-corrected chi connectivity index (χ3v) is 4.29. The van der Waals surface area contributed by atoms with Crippen LogP contribution in [-0.2, 0) is 4.74 Å². The summed E-state index contributed by atoms with van der Waals surface area (Å²) in [5.41, 5.74) is 0.475. The minimum Gasteiger partial charge on any atom is -0.377 e. The van der Waals surface area contributed by atoms with Gasteiger partial charge in [0.1, 0.15) is 0 Å². The van der Waals surface area contributed by atoms with Gasteiger partial charge in [-0.15, -0.1) is 0 Å². The van der Waals surface area contributed by atoms with Crippen LogP contribution in [-0.4, -0.2) is 25.3 Å². The molecular weight excluding hydrogens is 210 g/mol. The van der Waals surface area contributed by atoms with Crippen LogP contribution < -0.4 is 5.32 Å². The Morgan fingerprint density at radius 1 is 1.24 bits per heavy atom. The van der Waals surface area contributed by atoms with E-state index >= 15 is 0 Å². The summed E-state index contributed by atoms with van der Waals surface area (Å²) in [6.07, 6.45) is 8.36. The van der Waals surface area contributed by atoms with E-state index in [9.17, 15) is 0 Å². The minimum absolute atomic E-state index is 0.475. The Kier molecular flexibility index (Phi) is 4.48. The first-order valence-corrected chi connectivity index (χ1v) is 7.40. The summed E-state index contributed by atoms with van der Waals surface area (Å²) in [7, 11) is 0. The van der Waals surface area contributed by atoms with Crippen molar-refractivity contribution in [3.8, 4) is 0 Å². The summed E-state index contributed by atoms with van der Waals surface area (Å²) in [6.45, 7) is 9.25. The highest BCUT2D eigenvalue weighted by Crippen LogP contribution is 2.39. The summed E-state index contributed by atoms with van der Waals surface area (Å²) in [4.78, 5) is 0. The first-order chi connectivity index (χ1) is 8.05. The molecule has 2 fully saturated rings. The number of ether oxygens (including phenoxy) is 1. The first kappa shape index (κ1) is 13.4. The van der Waals surface area contributed by atoms with E-state index in [1.165, 1.54) is 45.1 Å². The molecule has 0 spiro atoms. The lowest BCUT2D eigenvalue weighted by Gasteiger charge is -2.39. The van der Waals surface area contributed by atoms with Gasteiger partial charge in [-0.3, -0.25) is 0 Å². The van der Waals surface area contributed by atoms with Crippen molar-refractivity contribution in [2.75, 3.05) is 13.2 Å². The molecule has 1 aliphatic carbocycles. The average molecular weight is 239 g/mol. The van der Waals surface area contributed by atoms with Crippen LogP contribution in [0.15, 0.2) is 0 Å². The fourth-order valence-corrected chi connectivity index (χ4v) is 3.70. The summed E-state index contributed by atoms with van der Waals surface area (Å²) >= 11 is 0. The SMILES string of the molecule is CC1CC(OCC2CCCCN2)CC(C)(C)C1. The van der Waals surface area contributed by atoms with Crippen molar-refractivity contribution in [1.82, 2.24) is 5.32 Å². The number of nitrogens with one attached hydrogen (secondary N) is 1. The van der Waals surface area contributed by atoms with Gasteiger partial charge in [0.15, 0.2) is 0 Å². The van der Waals surface area contributed by atoms with Gasteiger partial charge in [-0.05, 0) is 50.0 Å². The van der Waals surface area contributed by atoms with E-state index in [1.54, 1.807) is 0 Å². The van der Waals surface area contributed by atoms with Gasteiger partial charge >= 0.3 is 0 Å². The predicted octanol–water partition coefficient (Wildman–Crippen LogP) is 3.36. The fraction of sp³-hybridized carbons (Fsp3) is 1.00. The van der Waals surface area contributed by atoms with E-state index in [-0.39, 0.29) is 0 Å². The van der Waals surface area contributed by atoms with Crippen LogP contribution in [0.4, 0.5) is 0 Å². The van der Waals surface area contributed by atoms with Crippen LogP contribution in [0.3, 0.4) is 0 Å². The standard InChI is InChI=1S/C15H29NO/c1-12-8-14(10-15(2,3)9-12)17-11-13-6-4-5-7-16-13/h12-14,16H,4-11H2,1-3H3. The normalized spacial score (nSPS) is 37.9.